The summed E-state index contributed by atoms with van der Waals surface area (Å²) in [4.78, 5) is 15.0. The highest BCUT2D eigenvalue weighted by atomic mass is 16.4. The Balaban J connectivity index is 2.69. The van der Waals surface area contributed by atoms with Gasteiger partial charge in [0.05, 0.1) is 0 Å². The van der Waals surface area contributed by atoms with E-state index in [0.29, 0.717) is 5.69 Å². The van der Waals surface area contributed by atoms with E-state index in [-0.39, 0.29) is 5.76 Å². The fourth-order valence-corrected chi connectivity index (χ4v) is 2.13. The van der Waals surface area contributed by atoms with E-state index >= 15 is 0 Å². The van der Waals surface area contributed by atoms with Crippen LogP contribution in [0.3, 0.4) is 0 Å². The van der Waals surface area contributed by atoms with Gasteiger partial charge in [-0.3, -0.25) is 0 Å². The van der Waals surface area contributed by atoms with Crippen LogP contribution in [-0.4, -0.2) is 16.1 Å². The van der Waals surface area contributed by atoms with Gasteiger partial charge in [0.15, 0.2) is 6.39 Å². The van der Waals surface area contributed by atoms with Gasteiger partial charge in [0.25, 0.3) is 0 Å². The molecule has 0 saturated carbocycles. The average molecular weight is 231 g/mol. The Labute approximate surface area is 98.9 Å². The molecule has 1 N–H and O–H groups in total. The molecule has 2 rings (SSSR count). The molecule has 0 unspecified atom stereocenters. The summed E-state index contributed by atoms with van der Waals surface area (Å²) in [5, 5.41) is 9.02. The Morgan fingerprint density at radius 1 is 1.24 bits per heavy atom. The second kappa shape index (κ2) is 4.05. The largest absolute Gasteiger partial charge is 0.475 e. The zero-order valence-electron chi connectivity index (χ0n) is 9.94. The van der Waals surface area contributed by atoms with Gasteiger partial charge in [-0.1, -0.05) is 17.7 Å². The highest BCUT2D eigenvalue weighted by molar-refractivity contribution is 5.92. The second-order valence-electron chi connectivity index (χ2n) is 4.11. The third-order valence-electron chi connectivity index (χ3n) is 2.68. The van der Waals surface area contributed by atoms with E-state index in [0.717, 1.165) is 28.6 Å². The number of rotatable bonds is 2. The van der Waals surface area contributed by atoms with Gasteiger partial charge in [0.2, 0.25) is 5.76 Å². The average Bonchev–Trinajstić information content (AvgIpc) is 2.64. The van der Waals surface area contributed by atoms with Gasteiger partial charge in [0, 0.05) is 5.56 Å². The summed E-state index contributed by atoms with van der Waals surface area (Å²) in [6.07, 6.45) is 1.16. The Hall–Kier alpha value is -2.10. The molecule has 1 heterocycles. The first-order valence-corrected chi connectivity index (χ1v) is 5.25. The van der Waals surface area contributed by atoms with Crippen LogP contribution in [0, 0.1) is 20.8 Å². The highest BCUT2D eigenvalue weighted by Gasteiger charge is 2.20. The molecule has 0 saturated heterocycles. The van der Waals surface area contributed by atoms with Crippen molar-refractivity contribution in [2.75, 3.05) is 0 Å². The van der Waals surface area contributed by atoms with Crippen molar-refractivity contribution in [3.63, 3.8) is 0 Å². The lowest BCUT2D eigenvalue weighted by Crippen LogP contribution is -1.99. The molecule has 0 amide bonds. The van der Waals surface area contributed by atoms with E-state index in [9.17, 15) is 4.79 Å². The van der Waals surface area contributed by atoms with Crippen molar-refractivity contribution in [3.05, 3.63) is 41.0 Å². The van der Waals surface area contributed by atoms with E-state index in [1.165, 1.54) is 0 Å². The minimum atomic E-state index is -1.10. The molecule has 0 aliphatic heterocycles. The summed E-state index contributed by atoms with van der Waals surface area (Å²) in [5.41, 5.74) is 4.37. The van der Waals surface area contributed by atoms with Gasteiger partial charge in [0.1, 0.15) is 5.69 Å². The summed E-state index contributed by atoms with van der Waals surface area (Å²) in [7, 11) is 0. The number of carboxylic acids is 1. The Morgan fingerprint density at radius 3 is 2.35 bits per heavy atom. The normalized spacial score (nSPS) is 10.5. The van der Waals surface area contributed by atoms with E-state index in [2.05, 4.69) is 4.98 Å². The number of benzene rings is 1. The van der Waals surface area contributed by atoms with E-state index in [1.54, 1.807) is 0 Å². The number of carboxylic acid groups (broad SMARTS) is 1. The minimum Gasteiger partial charge on any atom is -0.475 e. The predicted molar refractivity (Wildman–Crippen MR) is 63.1 cm³/mol. The Bertz CT molecular complexity index is 561. The van der Waals surface area contributed by atoms with Crippen LogP contribution in [0.2, 0.25) is 0 Å². The van der Waals surface area contributed by atoms with Crippen LogP contribution in [-0.2, 0) is 0 Å². The number of aryl methyl sites for hydroxylation is 3. The predicted octanol–water partition coefficient (Wildman–Crippen LogP) is 2.97. The smallest absolute Gasteiger partial charge is 0.374 e. The molecule has 0 aliphatic rings. The van der Waals surface area contributed by atoms with Crippen LogP contribution in [0.15, 0.2) is 22.9 Å². The topological polar surface area (TPSA) is 63.3 Å². The fourth-order valence-electron chi connectivity index (χ4n) is 2.13. The maximum atomic E-state index is 11.0. The summed E-state index contributed by atoms with van der Waals surface area (Å²) < 4.78 is 4.91. The maximum Gasteiger partial charge on any atom is 0.374 e. The summed E-state index contributed by atoms with van der Waals surface area (Å²) in [6, 6.07) is 4.01. The van der Waals surface area contributed by atoms with Crippen molar-refractivity contribution in [2.24, 2.45) is 0 Å². The van der Waals surface area contributed by atoms with E-state index in [4.69, 9.17) is 9.52 Å². The summed E-state index contributed by atoms with van der Waals surface area (Å²) in [6.45, 7) is 5.88. The van der Waals surface area contributed by atoms with Crippen LogP contribution in [0.4, 0.5) is 0 Å². The Morgan fingerprint density at radius 2 is 1.82 bits per heavy atom. The van der Waals surface area contributed by atoms with Crippen LogP contribution >= 0.6 is 0 Å². The maximum absolute atomic E-state index is 11.0. The number of carbonyl (C=O) groups is 1. The monoisotopic (exact) mass is 231 g/mol. The lowest BCUT2D eigenvalue weighted by molar-refractivity contribution is 0.0663. The lowest BCUT2D eigenvalue weighted by Gasteiger charge is -2.09. The molecular formula is C13H13NO3. The Kier molecular flexibility index (Phi) is 2.71. The van der Waals surface area contributed by atoms with Crippen LogP contribution < -0.4 is 0 Å². The van der Waals surface area contributed by atoms with Crippen molar-refractivity contribution in [1.82, 2.24) is 4.98 Å². The van der Waals surface area contributed by atoms with Crippen molar-refractivity contribution in [3.8, 4) is 11.3 Å². The van der Waals surface area contributed by atoms with Gasteiger partial charge in [-0.05, 0) is 31.9 Å². The standard InChI is InChI=1S/C13H13NO3/c1-7-4-8(2)10(9(3)5-7)11-12(13(15)16)17-6-14-11/h4-6H,1-3H3,(H,15,16). The van der Waals surface area contributed by atoms with Gasteiger partial charge in [-0.25, -0.2) is 9.78 Å². The van der Waals surface area contributed by atoms with Crippen molar-refractivity contribution in [1.29, 1.82) is 0 Å². The molecule has 88 valence electrons. The van der Waals surface area contributed by atoms with Gasteiger partial charge in [-0.2, -0.15) is 0 Å². The molecule has 17 heavy (non-hydrogen) atoms. The van der Waals surface area contributed by atoms with Crippen molar-refractivity contribution in [2.45, 2.75) is 20.8 Å². The molecule has 1 aromatic carbocycles. The summed E-state index contributed by atoms with van der Waals surface area (Å²) in [5.74, 6) is -1.21. The minimum absolute atomic E-state index is 0.111. The molecule has 0 fully saturated rings. The van der Waals surface area contributed by atoms with Crippen LogP contribution in [0.25, 0.3) is 11.3 Å². The molecule has 0 aliphatic carbocycles. The van der Waals surface area contributed by atoms with Crippen molar-refractivity contribution >= 4 is 5.97 Å². The second-order valence-corrected chi connectivity index (χ2v) is 4.11. The third kappa shape index (κ3) is 1.93. The first kappa shape index (κ1) is 11.4. The molecule has 0 atom stereocenters. The van der Waals surface area contributed by atoms with E-state index in [1.807, 2.05) is 32.9 Å². The first-order chi connectivity index (χ1) is 8.00. The van der Waals surface area contributed by atoms with Crippen molar-refractivity contribution < 1.29 is 14.3 Å². The molecule has 4 nitrogen and oxygen atoms in total. The molecular weight excluding hydrogens is 218 g/mol. The molecule has 2 aromatic rings. The summed E-state index contributed by atoms with van der Waals surface area (Å²) >= 11 is 0. The number of hydrogen-bond acceptors (Lipinski definition) is 3. The first-order valence-electron chi connectivity index (χ1n) is 5.25. The lowest BCUT2D eigenvalue weighted by atomic mass is 9.96. The zero-order chi connectivity index (χ0) is 12.6. The van der Waals surface area contributed by atoms with Gasteiger partial charge < -0.3 is 9.52 Å². The third-order valence-corrected chi connectivity index (χ3v) is 2.68. The number of aromatic carboxylic acids is 1. The number of nitrogens with zero attached hydrogens (tertiary/aromatic N) is 1. The van der Waals surface area contributed by atoms with Gasteiger partial charge >= 0.3 is 5.97 Å². The SMILES string of the molecule is Cc1cc(C)c(-c2ncoc2C(=O)O)c(C)c1. The quantitative estimate of drug-likeness (QED) is 0.863. The zero-order valence-corrected chi connectivity index (χ0v) is 9.94. The molecule has 1 aromatic heterocycles. The van der Waals surface area contributed by atoms with Crippen LogP contribution in [0.5, 0.6) is 0 Å². The number of hydrogen-bond donors (Lipinski definition) is 1. The van der Waals surface area contributed by atoms with Gasteiger partial charge in [-0.15, -0.1) is 0 Å². The van der Waals surface area contributed by atoms with E-state index < -0.39 is 5.97 Å². The molecule has 0 spiro atoms. The number of oxazole rings is 1. The number of aromatic nitrogens is 1. The van der Waals surface area contributed by atoms with Crippen LogP contribution in [0.1, 0.15) is 27.2 Å². The molecule has 0 bridgehead atoms. The highest BCUT2D eigenvalue weighted by Crippen LogP contribution is 2.29. The molecule has 4 heteroatoms. The molecule has 0 radical (unpaired) electrons. The fraction of sp³-hybridized carbons (Fsp3) is 0.231.